The van der Waals surface area contributed by atoms with E-state index in [1.165, 1.54) is 11.1 Å². The third-order valence-electron chi connectivity index (χ3n) is 3.59. The highest BCUT2D eigenvalue weighted by Gasteiger charge is 2.23. The van der Waals surface area contributed by atoms with Crippen molar-refractivity contribution in [1.82, 2.24) is 5.32 Å². The van der Waals surface area contributed by atoms with Crippen LogP contribution in [0.3, 0.4) is 0 Å². The fourth-order valence-electron chi connectivity index (χ4n) is 2.27. The van der Waals surface area contributed by atoms with Gasteiger partial charge < -0.3 is 10.1 Å². The van der Waals surface area contributed by atoms with E-state index in [0.29, 0.717) is 18.1 Å². The van der Waals surface area contributed by atoms with Crippen LogP contribution in [0.15, 0.2) is 24.3 Å². The summed E-state index contributed by atoms with van der Waals surface area (Å²) in [5, 5.41) is 3.57. The molecule has 17 heavy (non-hydrogen) atoms. The Labute approximate surface area is 104 Å². The van der Waals surface area contributed by atoms with E-state index < -0.39 is 0 Å². The van der Waals surface area contributed by atoms with Crippen LogP contribution in [0.25, 0.3) is 0 Å². The summed E-state index contributed by atoms with van der Waals surface area (Å²) in [5.74, 6) is 0.611. The Morgan fingerprint density at radius 1 is 1.29 bits per heavy atom. The van der Waals surface area contributed by atoms with Gasteiger partial charge in [0.15, 0.2) is 0 Å². The zero-order valence-electron chi connectivity index (χ0n) is 11.1. The molecule has 1 N–H and O–H groups in total. The number of rotatable bonds is 4. The summed E-state index contributed by atoms with van der Waals surface area (Å²) >= 11 is 0. The maximum Gasteiger partial charge on any atom is 0.0700 e. The molecule has 2 atom stereocenters. The third-order valence-corrected chi connectivity index (χ3v) is 3.59. The fraction of sp³-hybridized carbons (Fsp3) is 0.600. The predicted octanol–water partition coefficient (Wildman–Crippen LogP) is 3.08. The lowest BCUT2D eigenvalue weighted by atomic mass is 10.0. The maximum absolute atomic E-state index is 5.54. The standard InChI is InChI=1S/C15H23NO/c1-11(2)14-6-4-13(5-7-14)10-16-15-8-9-17-12(15)3/h4-7,11-12,15-16H,8-10H2,1-3H3. The largest absolute Gasteiger partial charge is 0.377 e. The summed E-state index contributed by atoms with van der Waals surface area (Å²) in [6, 6.07) is 9.43. The minimum absolute atomic E-state index is 0.352. The van der Waals surface area contributed by atoms with Crippen LogP contribution in [0.1, 0.15) is 44.2 Å². The van der Waals surface area contributed by atoms with Crippen LogP contribution in [-0.4, -0.2) is 18.8 Å². The molecule has 94 valence electrons. The van der Waals surface area contributed by atoms with Gasteiger partial charge in [0.25, 0.3) is 0 Å². The first-order valence-electron chi connectivity index (χ1n) is 6.60. The SMILES string of the molecule is CC(C)c1ccc(CNC2CCOC2C)cc1. The van der Waals surface area contributed by atoms with Crippen molar-refractivity contribution in [3.05, 3.63) is 35.4 Å². The molecule has 2 rings (SSSR count). The van der Waals surface area contributed by atoms with Gasteiger partial charge in [-0.25, -0.2) is 0 Å². The molecule has 0 bridgehead atoms. The smallest absolute Gasteiger partial charge is 0.0700 e. The lowest BCUT2D eigenvalue weighted by Crippen LogP contribution is -2.34. The van der Waals surface area contributed by atoms with Crippen LogP contribution < -0.4 is 5.32 Å². The van der Waals surface area contributed by atoms with E-state index in [9.17, 15) is 0 Å². The van der Waals surface area contributed by atoms with Crippen LogP contribution in [0.2, 0.25) is 0 Å². The number of hydrogen-bond donors (Lipinski definition) is 1. The van der Waals surface area contributed by atoms with E-state index >= 15 is 0 Å². The third kappa shape index (κ3) is 3.30. The van der Waals surface area contributed by atoms with E-state index in [1.54, 1.807) is 0 Å². The first kappa shape index (κ1) is 12.6. The molecular weight excluding hydrogens is 210 g/mol. The summed E-state index contributed by atoms with van der Waals surface area (Å²) in [6.07, 6.45) is 1.48. The quantitative estimate of drug-likeness (QED) is 0.863. The molecule has 2 nitrogen and oxygen atoms in total. The van der Waals surface area contributed by atoms with Crippen molar-refractivity contribution >= 4 is 0 Å². The molecular formula is C15H23NO. The summed E-state index contributed by atoms with van der Waals surface area (Å²) in [5.41, 5.74) is 2.76. The monoisotopic (exact) mass is 233 g/mol. The lowest BCUT2D eigenvalue weighted by Gasteiger charge is -2.16. The Morgan fingerprint density at radius 2 is 2.00 bits per heavy atom. The van der Waals surface area contributed by atoms with Crippen LogP contribution in [0, 0.1) is 0 Å². The van der Waals surface area contributed by atoms with E-state index in [4.69, 9.17) is 4.74 Å². The van der Waals surface area contributed by atoms with Gasteiger partial charge in [0, 0.05) is 19.2 Å². The molecule has 0 radical (unpaired) electrons. The highest BCUT2D eigenvalue weighted by atomic mass is 16.5. The molecule has 0 saturated carbocycles. The van der Waals surface area contributed by atoms with Gasteiger partial charge in [-0.1, -0.05) is 38.1 Å². The van der Waals surface area contributed by atoms with Gasteiger partial charge in [-0.3, -0.25) is 0 Å². The molecule has 0 aliphatic carbocycles. The van der Waals surface area contributed by atoms with E-state index in [-0.39, 0.29) is 0 Å². The predicted molar refractivity (Wildman–Crippen MR) is 71.2 cm³/mol. The average Bonchev–Trinajstić information content (AvgIpc) is 2.73. The minimum atomic E-state index is 0.352. The molecule has 1 aliphatic heterocycles. The first-order chi connectivity index (χ1) is 8.16. The second-order valence-electron chi connectivity index (χ2n) is 5.25. The van der Waals surface area contributed by atoms with Crippen molar-refractivity contribution in [2.24, 2.45) is 0 Å². The summed E-state index contributed by atoms with van der Waals surface area (Å²) in [6.45, 7) is 8.43. The highest BCUT2D eigenvalue weighted by molar-refractivity contribution is 5.24. The molecule has 1 saturated heterocycles. The van der Waals surface area contributed by atoms with Gasteiger partial charge in [-0.2, -0.15) is 0 Å². The van der Waals surface area contributed by atoms with Crippen LogP contribution in [-0.2, 0) is 11.3 Å². The summed E-state index contributed by atoms with van der Waals surface area (Å²) < 4.78 is 5.54. The van der Waals surface area contributed by atoms with Crippen molar-refractivity contribution < 1.29 is 4.74 Å². The van der Waals surface area contributed by atoms with Gasteiger partial charge in [-0.05, 0) is 30.4 Å². The Balaban J connectivity index is 1.86. The van der Waals surface area contributed by atoms with Crippen molar-refractivity contribution in [3.8, 4) is 0 Å². The second-order valence-corrected chi connectivity index (χ2v) is 5.25. The molecule has 1 aliphatic rings. The number of ether oxygens (including phenoxy) is 1. The normalized spacial score (nSPS) is 24.5. The van der Waals surface area contributed by atoms with E-state index in [1.807, 2.05) is 0 Å². The van der Waals surface area contributed by atoms with E-state index in [0.717, 1.165) is 19.6 Å². The van der Waals surface area contributed by atoms with Crippen molar-refractivity contribution in [2.45, 2.75) is 51.8 Å². The van der Waals surface area contributed by atoms with Crippen molar-refractivity contribution in [2.75, 3.05) is 6.61 Å². The van der Waals surface area contributed by atoms with Crippen LogP contribution in [0.4, 0.5) is 0 Å². The molecule has 1 aromatic rings. The van der Waals surface area contributed by atoms with Crippen molar-refractivity contribution in [1.29, 1.82) is 0 Å². The minimum Gasteiger partial charge on any atom is -0.377 e. The molecule has 2 unspecified atom stereocenters. The number of benzene rings is 1. The zero-order valence-corrected chi connectivity index (χ0v) is 11.1. The molecule has 1 fully saturated rings. The van der Waals surface area contributed by atoms with E-state index in [2.05, 4.69) is 50.4 Å². The average molecular weight is 233 g/mol. The highest BCUT2D eigenvalue weighted by Crippen LogP contribution is 2.16. The van der Waals surface area contributed by atoms with Gasteiger partial charge in [0.1, 0.15) is 0 Å². The topological polar surface area (TPSA) is 21.3 Å². The molecule has 1 heterocycles. The maximum atomic E-state index is 5.54. The Bertz CT molecular complexity index is 344. The Hall–Kier alpha value is -0.860. The van der Waals surface area contributed by atoms with Gasteiger partial charge in [-0.15, -0.1) is 0 Å². The summed E-state index contributed by atoms with van der Waals surface area (Å²) in [7, 11) is 0. The summed E-state index contributed by atoms with van der Waals surface area (Å²) in [4.78, 5) is 0. The molecule has 1 aromatic carbocycles. The van der Waals surface area contributed by atoms with Gasteiger partial charge in [0.2, 0.25) is 0 Å². The first-order valence-corrected chi connectivity index (χ1v) is 6.60. The lowest BCUT2D eigenvalue weighted by molar-refractivity contribution is 0.113. The second kappa shape index (κ2) is 5.65. The molecule has 0 aromatic heterocycles. The molecule has 0 spiro atoms. The van der Waals surface area contributed by atoms with Gasteiger partial charge >= 0.3 is 0 Å². The van der Waals surface area contributed by atoms with Crippen LogP contribution >= 0.6 is 0 Å². The Kier molecular flexibility index (Phi) is 4.19. The zero-order chi connectivity index (χ0) is 12.3. The molecule has 2 heteroatoms. The van der Waals surface area contributed by atoms with Crippen molar-refractivity contribution in [3.63, 3.8) is 0 Å². The molecule has 0 amide bonds. The Morgan fingerprint density at radius 3 is 2.53 bits per heavy atom. The number of nitrogens with one attached hydrogen (secondary N) is 1. The number of hydrogen-bond acceptors (Lipinski definition) is 2. The fourth-order valence-corrected chi connectivity index (χ4v) is 2.27. The van der Waals surface area contributed by atoms with Gasteiger partial charge in [0.05, 0.1) is 6.10 Å². The van der Waals surface area contributed by atoms with Crippen LogP contribution in [0.5, 0.6) is 0 Å².